The summed E-state index contributed by atoms with van der Waals surface area (Å²) in [5.74, 6) is 0. The van der Waals surface area contributed by atoms with E-state index in [2.05, 4.69) is 0 Å². The summed E-state index contributed by atoms with van der Waals surface area (Å²) < 4.78 is 59.1. The smallest absolute Gasteiger partial charge is 0.207 e. The van der Waals surface area contributed by atoms with E-state index in [1.165, 1.54) is 0 Å². The quantitative estimate of drug-likeness (QED) is 0.679. The van der Waals surface area contributed by atoms with Gasteiger partial charge in [-0.25, -0.2) is 8.42 Å². The first-order valence-corrected chi connectivity index (χ1v) is 6.28. The zero-order valence-electron chi connectivity index (χ0n) is 7.68. The Labute approximate surface area is 89.8 Å². The topological polar surface area (TPSA) is 34.1 Å². The first-order chi connectivity index (χ1) is 6.56. The molecule has 0 aromatic rings. The van der Waals surface area contributed by atoms with Crippen molar-refractivity contribution >= 4 is 19.7 Å². The van der Waals surface area contributed by atoms with Gasteiger partial charge in [-0.3, -0.25) is 0 Å². The highest BCUT2D eigenvalue weighted by molar-refractivity contribution is 8.17. The fourth-order valence-electron chi connectivity index (χ4n) is 1.11. The van der Waals surface area contributed by atoms with Crippen molar-refractivity contribution in [3.8, 4) is 0 Å². The number of hydrogen-bond acceptors (Lipinski definition) is 2. The van der Waals surface area contributed by atoms with E-state index in [-0.39, 0.29) is 4.91 Å². The van der Waals surface area contributed by atoms with Crippen molar-refractivity contribution in [1.82, 2.24) is 0 Å². The van der Waals surface area contributed by atoms with Crippen LogP contribution in [0.4, 0.5) is 13.2 Å². The van der Waals surface area contributed by atoms with Crippen LogP contribution in [0.25, 0.3) is 0 Å². The maximum absolute atomic E-state index is 12.5. The van der Waals surface area contributed by atoms with E-state index in [4.69, 9.17) is 10.7 Å². The van der Waals surface area contributed by atoms with Crippen LogP contribution < -0.4 is 0 Å². The van der Waals surface area contributed by atoms with Crippen molar-refractivity contribution in [2.45, 2.75) is 19.5 Å². The van der Waals surface area contributed by atoms with Gasteiger partial charge in [0.1, 0.15) is 0 Å². The predicted molar refractivity (Wildman–Crippen MR) is 50.8 cm³/mol. The van der Waals surface area contributed by atoms with Crippen molar-refractivity contribution in [2.75, 3.05) is 0 Å². The molecule has 0 aliphatic heterocycles. The summed E-state index contributed by atoms with van der Waals surface area (Å²) in [6.07, 6.45) is -2.13. The van der Waals surface area contributed by atoms with Crippen LogP contribution in [-0.2, 0) is 9.05 Å². The van der Waals surface area contributed by atoms with Crippen molar-refractivity contribution in [3.63, 3.8) is 0 Å². The summed E-state index contributed by atoms with van der Waals surface area (Å²) in [4.78, 5) is -0.286. The minimum Gasteiger partial charge on any atom is -0.207 e. The van der Waals surface area contributed by atoms with E-state index in [0.717, 1.165) is 25.2 Å². The monoisotopic (exact) mass is 260 g/mol. The van der Waals surface area contributed by atoms with Gasteiger partial charge in [0, 0.05) is 10.7 Å². The molecule has 0 saturated carbocycles. The molecule has 1 aliphatic rings. The fraction of sp³-hybridized carbons (Fsp3) is 0.500. The second-order valence-electron chi connectivity index (χ2n) is 3.50. The van der Waals surface area contributed by atoms with Crippen molar-refractivity contribution < 1.29 is 21.6 Å². The normalized spacial score (nSPS) is 27.7. The molecule has 0 spiro atoms. The molecule has 0 amide bonds. The van der Waals surface area contributed by atoms with Gasteiger partial charge >= 0.3 is 6.18 Å². The van der Waals surface area contributed by atoms with Crippen LogP contribution in [0.1, 0.15) is 13.3 Å². The van der Waals surface area contributed by atoms with Gasteiger partial charge in [-0.1, -0.05) is 12.2 Å². The largest absolute Gasteiger partial charge is 0.397 e. The molecule has 0 aromatic carbocycles. The van der Waals surface area contributed by atoms with Gasteiger partial charge in [0.2, 0.25) is 0 Å². The molecule has 2 nitrogen and oxygen atoms in total. The third-order valence-electron chi connectivity index (χ3n) is 2.27. The minimum absolute atomic E-state index is 0.286. The molecule has 7 heteroatoms. The van der Waals surface area contributed by atoms with Crippen molar-refractivity contribution in [1.29, 1.82) is 0 Å². The summed E-state index contributed by atoms with van der Waals surface area (Å²) >= 11 is 0. The Morgan fingerprint density at radius 3 is 2.27 bits per heavy atom. The molecule has 0 heterocycles. The number of allylic oxidation sites excluding steroid dienone is 3. The number of halogens is 4. The number of hydrogen-bond donors (Lipinski definition) is 0. The summed E-state index contributed by atoms with van der Waals surface area (Å²) in [5.41, 5.74) is -2.02. The number of alkyl halides is 3. The molecule has 1 unspecified atom stereocenters. The van der Waals surface area contributed by atoms with Crippen LogP contribution in [0.3, 0.4) is 0 Å². The molecule has 86 valence electrons. The van der Waals surface area contributed by atoms with Crippen LogP contribution in [0.15, 0.2) is 23.1 Å². The molecule has 0 saturated heterocycles. The maximum Gasteiger partial charge on any atom is 0.397 e. The van der Waals surface area contributed by atoms with Gasteiger partial charge in [-0.2, -0.15) is 13.2 Å². The molecule has 1 aliphatic carbocycles. The molecule has 0 aromatic heterocycles. The molecule has 0 N–H and O–H groups in total. The predicted octanol–water partition coefficient (Wildman–Crippen LogP) is 2.97. The molecule has 0 bridgehead atoms. The highest BCUT2D eigenvalue weighted by atomic mass is 35.7. The highest BCUT2D eigenvalue weighted by Gasteiger charge is 2.49. The van der Waals surface area contributed by atoms with Gasteiger partial charge in [-0.05, 0) is 19.4 Å². The van der Waals surface area contributed by atoms with Gasteiger partial charge < -0.3 is 0 Å². The Kier molecular flexibility index (Phi) is 2.95. The molecule has 0 radical (unpaired) electrons. The van der Waals surface area contributed by atoms with Crippen molar-refractivity contribution in [3.05, 3.63) is 23.1 Å². The summed E-state index contributed by atoms with van der Waals surface area (Å²) in [6, 6.07) is 0. The zero-order chi connectivity index (χ0) is 11.9. The SMILES string of the molecule is CC1(C(F)(F)F)C=CC(S(=O)(=O)Cl)=CC1. The molecular weight excluding hydrogens is 253 g/mol. The van der Waals surface area contributed by atoms with Crippen LogP contribution in [-0.4, -0.2) is 14.6 Å². The average molecular weight is 261 g/mol. The van der Waals surface area contributed by atoms with Crippen LogP contribution in [0.5, 0.6) is 0 Å². The Hall–Kier alpha value is -0.490. The maximum atomic E-state index is 12.5. The summed E-state index contributed by atoms with van der Waals surface area (Å²) in [5, 5.41) is 0. The molecular formula is C8H8ClF3O2S. The average Bonchev–Trinajstić information content (AvgIpc) is 2.01. The van der Waals surface area contributed by atoms with Crippen molar-refractivity contribution in [2.24, 2.45) is 5.41 Å². The van der Waals surface area contributed by atoms with Crippen LogP contribution in [0, 0.1) is 5.41 Å². The van der Waals surface area contributed by atoms with E-state index in [9.17, 15) is 21.6 Å². The van der Waals surface area contributed by atoms with Gasteiger partial charge in [0.05, 0.1) is 10.3 Å². The van der Waals surface area contributed by atoms with E-state index < -0.39 is 27.1 Å². The third-order valence-corrected chi connectivity index (χ3v) is 3.67. The standard InChI is InChI=1S/C8H8ClF3O2S/c1-7(8(10,11)12)4-2-6(3-5-7)15(9,13)14/h2-4H,5H2,1H3. The zero-order valence-corrected chi connectivity index (χ0v) is 9.25. The van der Waals surface area contributed by atoms with Gasteiger partial charge in [0.25, 0.3) is 9.05 Å². The van der Waals surface area contributed by atoms with E-state index in [0.29, 0.717) is 0 Å². The molecule has 0 fully saturated rings. The third kappa shape index (κ3) is 2.55. The second kappa shape index (κ2) is 3.52. The Morgan fingerprint density at radius 1 is 1.47 bits per heavy atom. The first kappa shape index (κ1) is 12.6. The summed E-state index contributed by atoms with van der Waals surface area (Å²) in [6.45, 7) is 0.998. The fourth-order valence-corrected chi connectivity index (χ4v) is 1.96. The lowest BCUT2D eigenvalue weighted by molar-refractivity contribution is -0.199. The van der Waals surface area contributed by atoms with Gasteiger partial charge in [-0.15, -0.1) is 0 Å². The molecule has 1 rings (SSSR count). The Balaban J connectivity index is 3.00. The molecule has 15 heavy (non-hydrogen) atoms. The Morgan fingerprint density at radius 2 is 2.00 bits per heavy atom. The van der Waals surface area contributed by atoms with E-state index >= 15 is 0 Å². The summed E-state index contributed by atoms with van der Waals surface area (Å²) in [7, 11) is 1.05. The second-order valence-corrected chi connectivity index (χ2v) is 6.06. The van der Waals surface area contributed by atoms with E-state index in [1.807, 2.05) is 0 Å². The van der Waals surface area contributed by atoms with Crippen LogP contribution >= 0.6 is 10.7 Å². The molecule has 1 atom stereocenters. The Bertz CT molecular complexity index is 422. The first-order valence-electron chi connectivity index (χ1n) is 3.97. The van der Waals surface area contributed by atoms with E-state index in [1.54, 1.807) is 0 Å². The minimum atomic E-state index is -4.40. The van der Waals surface area contributed by atoms with Crippen LogP contribution in [0.2, 0.25) is 0 Å². The van der Waals surface area contributed by atoms with Gasteiger partial charge in [0.15, 0.2) is 0 Å². The number of rotatable bonds is 1. The lowest BCUT2D eigenvalue weighted by Gasteiger charge is -2.29. The highest BCUT2D eigenvalue weighted by Crippen LogP contribution is 2.45. The lowest BCUT2D eigenvalue weighted by Crippen LogP contribution is -2.34. The lowest BCUT2D eigenvalue weighted by atomic mass is 9.83.